The number of carbonyl (C=O) groups is 1. The molecule has 1 heterocycles. The molecular weight excluding hydrogens is 445 g/mol. The van der Waals surface area contributed by atoms with Crippen LogP contribution in [0.25, 0.3) is 11.0 Å². The Bertz CT molecular complexity index is 1510. The highest BCUT2D eigenvalue weighted by Crippen LogP contribution is 2.32. The van der Waals surface area contributed by atoms with Gasteiger partial charge in [0.25, 0.3) is 5.91 Å². The second-order valence-electron chi connectivity index (χ2n) is 7.39. The first-order chi connectivity index (χ1) is 15.8. The van der Waals surface area contributed by atoms with Gasteiger partial charge < -0.3 is 5.32 Å². The number of anilines is 1. The Kier molecular flexibility index (Phi) is 5.90. The number of benzene rings is 3. The Morgan fingerprint density at radius 3 is 2.06 bits per heavy atom. The molecule has 33 heavy (non-hydrogen) atoms. The van der Waals surface area contributed by atoms with E-state index in [9.17, 15) is 22.4 Å². The number of aryl methyl sites for hydroxylation is 2. The van der Waals surface area contributed by atoms with Gasteiger partial charge in [-0.05, 0) is 62.4 Å². The summed E-state index contributed by atoms with van der Waals surface area (Å²) in [5.74, 6) is -1.09. The largest absolute Gasteiger partial charge is 0.329 e. The third-order valence-electron chi connectivity index (χ3n) is 5.45. The fourth-order valence-electron chi connectivity index (χ4n) is 3.80. The van der Waals surface area contributed by atoms with Crippen LogP contribution < -0.4 is 11.0 Å². The average molecular weight is 468 g/mol. The highest BCUT2D eigenvalue weighted by Gasteiger charge is 2.26. The average Bonchev–Trinajstić information content (AvgIpc) is 3.08. The minimum Gasteiger partial charge on any atom is -0.321 e. The number of halogens is 1. The minimum atomic E-state index is -4.03. The van der Waals surface area contributed by atoms with Crippen molar-refractivity contribution in [2.75, 3.05) is 5.32 Å². The van der Waals surface area contributed by atoms with Crippen LogP contribution in [0.2, 0.25) is 0 Å². The number of amides is 1. The Morgan fingerprint density at radius 2 is 1.48 bits per heavy atom. The number of aromatic nitrogens is 2. The molecule has 4 aromatic rings. The van der Waals surface area contributed by atoms with Gasteiger partial charge in [-0.15, -0.1) is 0 Å². The van der Waals surface area contributed by atoms with Crippen molar-refractivity contribution in [1.82, 2.24) is 9.13 Å². The molecule has 170 valence electrons. The zero-order valence-corrected chi connectivity index (χ0v) is 18.9. The van der Waals surface area contributed by atoms with Crippen LogP contribution in [0.5, 0.6) is 0 Å². The summed E-state index contributed by atoms with van der Waals surface area (Å²) in [5.41, 5.74) is 0.902. The van der Waals surface area contributed by atoms with Crippen molar-refractivity contribution in [1.29, 1.82) is 0 Å². The molecule has 9 heteroatoms. The number of rotatable bonds is 6. The van der Waals surface area contributed by atoms with E-state index in [0.717, 1.165) is 12.1 Å². The molecule has 0 atom stereocenters. The summed E-state index contributed by atoms with van der Waals surface area (Å²) in [4.78, 5) is 25.6. The first-order valence-electron chi connectivity index (χ1n) is 10.4. The van der Waals surface area contributed by atoms with Gasteiger partial charge in [0.2, 0.25) is 9.84 Å². The third kappa shape index (κ3) is 3.95. The van der Waals surface area contributed by atoms with E-state index in [4.69, 9.17) is 0 Å². The molecule has 0 radical (unpaired) electrons. The molecule has 1 N–H and O–H groups in total. The second kappa shape index (κ2) is 8.67. The molecule has 0 bridgehead atoms. The topological polar surface area (TPSA) is 90.2 Å². The molecule has 1 aromatic heterocycles. The number of nitrogens with zero attached hydrogens (tertiary/aromatic N) is 2. The predicted octanol–water partition coefficient (Wildman–Crippen LogP) is 4.07. The summed E-state index contributed by atoms with van der Waals surface area (Å²) in [6.07, 6.45) is 0. The molecule has 0 unspecified atom stereocenters. The Balaban J connectivity index is 1.96. The Morgan fingerprint density at radius 1 is 0.909 bits per heavy atom. The summed E-state index contributed by atoms with van der Waals surface area (Å²) < 4.78 is 43.3. The van der Waals surface area contributed by atoms with Crippen LogP contribution in [0, 0.1) is 5.82 Å². The Labute approximate surface area is 190 Å². The van der Waals surface area contributed by atoms with Gasteiger partial charge in [-0.3, -0.25) is 13.9 Å². The monoisotopic (exact) mass is 467 g/mol. The maximum absolute atomic E-state index is 13.5. The van der Waals surface area contributed by atoms with Gasteiger partial charge in [-0.2, -0.15) is 0 Å². The summed E-state index contributed by atoms with van der Waals surface area (Å²) in [7, 11) is -4.03. The van der Waals surface area contributed by atoms with E-state index >= 15 is 0 Å². The molecular formula is C24H22FN3O4S. The molecule has 4 rings (SSSR count). The van der Waals surface area contributed by atoms with E-state index in [1.54, 1.807) is 25.1 Å². The first-order valence-corrected chi connectivity index (χ1v) is 11.9. The van der Waals surface area contributed by atoms with Crippen LogP contribution >= 0.6 is 0 Å². The van der Waals surface area contributed by atoms with Crippen molar-refractivity contribution < 1.29 is 17.6 Å². The normalized spacial score (nSPS) is 11.6. The molecule has 0 saturated carbocycles. The smallest absolute Gasteiger partial charge is 0.321 e. The number of nitrogens with one attached hydrogen (secondary N) is 1. The number of hydrogen-bond donors (Lipinski definition) is 1. The molecule has 1 amide bonds. The van der Waals surface area contributed by atoms with Gasteiger partial charge in [-0.25, -0.2) is 17.6 Å². The van der Waals surface area contributed by atoms with Crippen LogP contribution in [-0.4, -0.2) is 23.5 Å². The van der Waals surface area contributed by atoms with Crippen molar-refractivity contribution in [2.24, 2.45) is 0 Å². The zero-order chi connectivity index (χ0) is 23.8. The fraction of sp³-hybridized carbons (Fsp3) is 0.167. The lowest BCUT2D eigenvalue weighted by atomic mass is 10.2. The number of imidazole rings is 1. The molecule has 0 spiro atoms. The SMILES string of the molecule is CCn1c(=O)n(CC)c2cc(S(=O)(=O)c3ccccc3)c(NC(=O)c3ccc(F)cc3)cc21. The standard InChI is InChI=1S/C24H22FN3O4S/c1-3-27-20-14-19(26-23(29)16-10-12-17(25)13-11-16)22(15-21(20)28(4-2)24(27)30)33(31,32)18-8-6-5-7-9-18/h5-15H,3-4H2,1-2H3,(H,26,29). The van der Waals surface area contributed by atoms with Crippen LogP contribution in [0.1, 0.15) is 24.2 Å². The molecule has 3 aromatic carbocycles. The molecule has 0 aliphatic heterocycles. The number of sulfone groups is 1. The minimum absolute atomic E-state index is 0.0381. The van der Waals surface area contributed by atoms with Gasteiger partial charge in [-0.1, -0.05) is 18.2 Å². The van der Waals surface area contributed by atoms with Gasteiger partial charge in [0.05, 0.1) is 26.5 Å². The number of hydrogen-bond acceptors (Lipinski definition) is 4. The summed E-state index contributed by atoms with van der Waals surface area (Å²) >= 11 is 0. The number of fused-ring (bicyclic) bond motifs is 1. The first kappa shape index (κ1) is 22.5. The van der Waals surface area contributed by atoms with E-state index in [1.165, 1.54) is 45.5 Å². The second-order valence-corrected chi connectivity index (χ2v) is 9.30. The fourth-order valence-corrected chi connectivity index (χ4v) is 5.23. The highest BCUT2D eigenvalue weighted by molar-refractivity contribution is 7.91. The van der Waals surface area contributed by atoms with Crippen molar-refractivity contribution in [3.63, 3.8) is 0 Å². The van der Waals surface area contributed by atoms with Gasteiger partial charge in [0.1, 0.15) is 5.82 Å². The van der Waals surface area contributed by atoms with Crippen LogP contribution in [0.3, 0.4) is 0 Å². The van der Waals surface area contributed by atoms with E-state index in [0.29, 0.717) is 24.1 Å². The van der Waals surface area contributed by atoms with E-state index in [-0.39, 0.29) is 26.7 Å². The van der Waals surface area contributed by atoms with Crippen LogP contribution in [0.15, 0.2) is 81.3 Å². The summed E-state index contributed by atoms with van der Waals surface area (Å²) in [6.45, 7) is 4.34. The predicted molar refractivity (Wildman–Crippen MR) is 124 cm³/mol. The molecule has 0 aliphatic carbocycles. The van der Waals surface area contributed by atoms with E-state index < -0.39 is 21.6 Å². The third-order valence-corrected chi connectivity index (χ3v) is 7.26. The van der Waals surface area contributed by atoms with Crippen molar-refractivity contribution in [3.8, 4) is 0 Å². The van der Waals surface area contributed by atoms with Crippen molar-refractivity contribution in [2.45, 2.75) is 36.7 Å². The highest BCUT2D eigenvalue weighted by atomic mass is 32.2. The molecule has 0 aliphatic rings. The van der Waals surface area contributed by atoms with E-state index in [1.807, 2.05) is 6.92 Å². The number of carbonyl (C=O) groups excluding carboxylic acids is 1. The molecule has 0 fully saturated rings. The van der Waals surface area contributed by atoms with Gasteiger partial charge in [0.15, 0.2) is 0 Å². The lowest BCUT2D eigenvalue weighted by Crippen LogP contribution is -2.23. The lowest BCUT2D eigenvalue weighted by molar-refractivity contribution is 0.102. The maximum atomic E-state index is 13.5. The van der Waals surface area contributed by atoms with Gasteiger partial charge >= 0.3 is 5.69 Å². The van der Waals surface area contributed by atoms with Crippen molar-refractivity contribution >= 4 is 32.5 Å². The summed E-state index contributed by atoms with van der Waals surface area (Å²) in [6, 6.07) is 15.7. The summed E-state index contributed by atoms with van der Waals surface area (Å²) in [5, 5.41) is 2.65. The van der Waals surface area contributed by atoms with Crippen molar-refractivity contribution in [3.05, 3.63) is 88.6 Å². The van der Waals surface area contributed by atoms with Crippen LogP contribution in [-0.2, 0) is 22.9 Å². The van der Waals surface area contributed by atoms with Gasteiger partial charge in [0, 0.05) is 18.7 Å². The van der Waals surface area contributed by atoms with Crippen LogP contribution in [0.4, 0.5) is 10.1 Å². The molecule has 7 nitrogen and oxygen atoms in total. The zero-order valence-electron chi connectivity index (χ0n) is 18.1. The Hall–Kier alpha value is -3.72. The van der Waals surface area contributed by atoms with E-state index in [2.05, 4.69) is 5.32 Å². The lowest BCUT2D eigenvalue weighted by Gasteiger charge is -2.14. The molecule has 0 saturated heterocycles. The quantitative estimate of drug-likeness (QED) is 0.463. The maximum Gasteiger partial charge on any atom is 0.329 e.